The molecule has 0 saturated heterocycles. The van der Waals surface area contributed by atoms with Gasteiger partial charge in [0.2, 0.25) is 0 Å². The van der Waals surface area contributed by atoms with Gasteiger partial charge in [0.05, 0.1) is 0 Å². The first-order valence-corrected chi connectivity index (χ1v) is 10.6. The molecule has 0 aliphatic carbocycles. The van der Waals surface area contributed by atoms with Gasteiger partial charge in [-0.1, -0.05) is 51.9 Å². The first-order chi connectivity index (χ1) is 16.7. The highest BCUT2D eigenvalue weighted by Gasteiger charge is 2.95. The highest BCUT2D eigenvalue weighted by molar-refractivity contribution is 5.85. The summed E-state index contributed by atoms with van der Waals surface area (Å²) >= 11 is 0. The zero-order chi connectivity index (χ0) is 30.8. The molecule has 0 fully saturated rings. The maximum atomic E-state index is 13.8. The number of carbonyl (C=O) groups is 1. The summed E-state index contributed by atoms with van der Waals surface area (Å²) in [5, 5.41) is 7.80. The molecule has 1 N–H and O–H groups in total. The van der Waals surface area contributed by atoms with Gasteiger partial charge in [0, 0.05) is 0 Å². The van der Waals surface area contributed by atoms with Crippen LogP contribution < -0.4 is 0 Å². The summed E-state index contributed by atoms with van der Waals surface area (Å²) in [6.07, 6.45) is -4.40. The van der Waals surface area contributed by atoms with Crippen LogP contribution in [0.5, 0.6) is 0 Å². The van der Waals surface area contributed by atoms with Crippen LogP contribution in [0.3, 0.4) is 0 Å². The van der Waals surface area contributed by atoms with E-state index >= 15 is 0 Å². The first-order valence-electron chi connectivity index (χ1n) is 10.6. The van der Waals surface area contributed by atoms with E-state index in [4.69, 9.17) is 5.11 Å². The van der Waals surface area contributed by atoms with E-state index < -0.39 is 72.4 Å². The van der Waals surface area contributed by atoms with Gasteiger partial charge in [0.15, 0.2) is 6.17 Å². The van der Waals surface area contributed by atoms with Crippen molar-refractivity contribution >= 4 is 18.4 Å². The summed E-state index contributed by atoms with van der Waals surface area (Å²) in [7, 11) is 0. The van der Waals surface area contributed by atoms with Crippen molar-refractivity contribution in [3.05, 3.63) is 0 Å². The van der Waals surface area contributed by atoms with E-state index in [9.17, 15) is 79.4 Å². The zero-order valence-electron chi connectivity index (χ0n) is 19.4. The maximum absolute atomic E-state index is 13.8. The Kier molecular flexibility index (Phi) is 12.8. The van der Waals surface area contributed by atoms with Crippen molar-refractivity contribution in [3.63, 3.8) is 0 Å². The van der Waals surface area contributed by atoms with Crippen molar-refractivity contribution < 1.29 is 84.5 Å². The lowest BCUT2D eigenvalue weighted by molar-refractivity contribution is -0.453. The number of halogens is 18. The number of aliphatic carboxylic acids is 1. The molecular weight excluding hydrogens is 619 g/mol. The summed E-state index contributed by atoms with van der Waals surface area (Å²) < 4.78 is 230. The molecule has 1 atom stereocenters. The number of hydrogen-bond donors (Lipinski definition) is 1. The minimum absolute atomic E-state index is 0. The number of unbranched alkanes of at least 4 members (excludes halogenated alkanes) is 6. The van der Waals surface area contributed by atoms with E-state index in [2.05, 4.69) is 0 Å². The number of rotatable bonds is 17. The van der Waals surface area contributed by atoms with Gasteiger partial charge in [-0.3, -0.25) is 0 Å². The average Bonchev–Trinajstić information content (AvgIpc) is 2.76. The number of alkyl halides is 17. The summed E-state index contributed by atoms with van der Waals surface area (Å²) in [5.74, 6) is -69.4. The third-order valence-electron chi connectivity index (χ3n) is 5.51. The lowest BCUT2D eigenvalue weighted by atomic mass is 9.86. The van der Waals surface area contributed by atoms with Gasteiger partial charge in [0.25, 0.3) is 0 Å². The quantitative estimate of drug-likeness (QED) is 0.127. The molecule has 0 aromatic carbocycles. The minimum atomic E-state index is -8.74. The predicted molar refractivity (Wildman–Crippen MR) is 102 cm³/mol. The molecule has 0 aliphatic heterocycles. The molecule has 20 heteroatoms. The van der Waals surface area contributed by atoms with Crippen molar-refractivity contribution in [2.45, 2.75) is 112 Å². The van der Waals surface area contributed by atoms with Crippen LogP contribution in [0, 0.1) is 0 Å². The molecule has 0 bridgehead atoms. The average molecular weight is 641 g/mol. The van der Waals surface area contributed by atoms with E-state index in [0.29, 0.717) is 12.8 Å². The van der Waals surface area contributed by atoms with Gasteiger partial charge >= 0.3 is 53.3 Å². The molecule has 0 rings (SSSR count). The molecule has 0 saturated carbocycles. The summed E-state index contributed by atoms with van der Waals surface area (Å²) in [5.41, 5.74) is 0. The molecule has 0 aromatic heterocycles. The van der Waals surface area contributed by atoms with Crippen molar-refractivity contribution in [2.24, 2.45) is 0 Å². The minimum Gasteiger partial charge on any atom is -0.477 e. The fraction of sp³-hybridized carbons (Fsp3) is 0.947. The van der Waals surface area contributed by atoms with Crippen molar-refractivity contribution in [2.75, 3.05) is 0 Å². The van der Waals surface area contributed by atoms with Crippen molar-refractivity contribution in [1.82, 2.24) is 0 Å². The van der Waals surface area contributed by atoms with Gasteiger partial charge in [0.1, 0.15) is 0 Å². The normalized spacial score (nSPS) is 15.6. The second kappa shape index (κ2) is 12.6. The predicted octanol–water partition coefficient (Wildman–Crippen LogP) is 9.05. The van der Waals surface area contributed by atoms with Gasteiger partial charge in [-0.05, 0) is 6.42 Å². The molecule has 2 nitrogen and oxygen atoms in total. The van der Waals surface area contributed by atoms with Crippen LogP contribution in [-0.4, -0.2) is 64.6 Å². The highest BCUT2D eigenvalue weighted by atomic mass is 35.5. The zero-order valence-corrected chi connectivity index (χ0v) is 20.2. The van der Waals surface area contributed by atoms with E-state index in [1.54, 1.807) is 0 Å². The molecule has 236 valence electrons. The molecule has 0 spiro atoms. The second-order valence-corrected chi connectivity index (χ2v) is 8.33. The molecule has 0 aromatic rings. The number of hydrogen-bond acceptors (Lipinski definition) is 1. The fourth-order valence-corrected chi connectivity index (χ4v) is 2.99. The SMILES string of the molecule is CCCCCCCCCC(F)C(F)(F)C(F)(F)C(F)(F)C(F)(F)C(F)(F)C(F)(F)C(F)(F)C(F)(F)C(=O)O.Cl. The van der Waals surface area contributed by atoms with E-state index in [1.807, 2.05) is 6.92 Å². The monoisotopic (exact) mass is 640 g/mol. The smallest absolute Gasteiger partial charge is 0.410 e. The molecular formula is C19H22ClF17O2. The Labute approximate surface area is 215 Å². The van der Waals surface area contributed by atoms with Gasteiger partial charge in [-0.25, -0.2) is 9.18 Å². The Balaban J connectivity index is 0. The molecule has 0 amide bonds. The Morgan fingerprint density at radius 3 is 1.23 bits per heavy atom. The Hall–Kier alpha value is -1.43. The molecule has 1 unspecified atom stereocenters. The van der Waals surface area contributed by atoms with Crippen LogP contribution in [0.25, 0.3) is 0 Å². The van der Waals surface area contributed by atoms with E-state index in [0.717, 1.165) is 12.8 Å². The Morgan fingerprint density at radius 2 is 0.872 bits per heavy atom. The lowest BCUT2D eigenvalue weighted by Crippen LogP contribution is -2.75. The summed E-state index contributed by atoms with van der Waals surface area (Å²) in [6.45, 7) is 1.81. The first kappa shape index (κ1) is 39.7. The largest absolute Gasteiger partial charge is 0.477 e. The molecule has 0 heterocycles. The van der Waals surface area contributed by atoms with Gasteiger partial charge < -0.3 is 5.11 Å². The van der Waals surface area contributed by atoms with Crippen molar-refractivity contribution in [1.29, 1.82) is 0 Å². The molecule has 0 aliphatic rings. The van der Waals surface area contributed by atoms with Gasteiger partial charge in [-0.2, -0.15) is 70.2 Å². The lowest BCUT2D eigenvalue weighted by Gasteiger charge is -2.43. The van der Waals surface area contributed by atoms with Crippen LogP contribution in [0.2, 0.25) is 0 Å². The topological polar surface area (TPSA) is 37.3 Å². The molecule has 0 radical (unpaired) electrons. The van der Waals surface area contributed by atoms with Crippen LogP contribution in [0.1, 0.15) is 58.3 Å². The second-order valence-electron chi connectivity index (χ2n) is 8.33. The van der Waals surface area contributed by atoms with Crippen molar-refractivity contribution in [3.8, 4) is 0 Å². The van der Waals surface area contributed by atoms with Gasteiger partial charge in [-0.15, -0.1) is 12.4 Å². The van der Waals surface area contributed by atoms with Crippen LogP contribution in [0.4, 0.5) is 74.6 Å². The number of carboxylic acid groups (broad SMARTS) is 1. The van der Waals surface area contributed by atoms with Crippen LogP contribution >= 0.6 is 12.4 Å². The summed E-state index contributed by atoms with van der Waals surface area (Å²) in [6, 6.07) is 0. The Morgan fingerprint density at radius 1 is 0.564 bits per heavy atom. The van der Waals surface area contributed by atoms with E-state index in [-0.39, 0.29) is 25.2 Å². The molecule has 39 heavy (non-hydrogen) atoms. The fourth-order valence-electron chi connectivity index (χ4n) is 2.99. The maximum Gasteiger partial charge on any atom is 0.410 e. The standard InChI is InChI=1S/C19H21F17O2.ClH/c1-2-3-4-5-6-7-8-9-10(20)12(21,22)14(25,26)16(29,30)18(33,34)19(35,36)17(31,32)15(27,28)13(23,24)11(37)38;/h10H,2-9H2,1H3,(H,37,38);1H. The van der Waals surface area contributed by atoms with Crippen LogP contribution in [-0.2, 0) is 4.79 Å². The van der Waals surface area contributed by atoms with E-state index in [1.165, 1.54) is 0 Å². The third kappa shape index (κ3) is 6.41. The highest BCUT2D eigenvalue weighted by Crippen LogP contribution is 2.64. The Bertz CT molecular complexity index is 801. The summed E-state index contributed by atoms with van der Waals surface area (Å²) in [4.78, 5) is 10.0. The number of carboxylic acids is 1. The van der Waals surface area contributed by atoms with Crippen LogP contribution in [0.15, 0.2) is 0 Å². The third-order valence-corrected chi connectivity index (χ3v) is 5.51.